The number of carboxylic acid groups (broad SMARTS) is 1. The molecular weight excluding hydrogens is 334 g/mol. The van der Waals surface area contributed by atoms with E-state index >= 15 is 0 Å². The zero-order chi connectivity index (χ0) is 18.9. The monoisotopic (exact) mass is 357 g/mol. The molecule has 0 aliphatic rings. The van der Waals surface area contributed by atoms with E-state index in [0.29, 0.717) is 17.9 Å². The van der Waals surface area contributed by atoms with Gasteiger partial charge in [0.2, 0.25) is 0 Å². The molecule has 1 amide bonds. The summed E-state index contributed by atoms with van der Waals surface area (Å²) in [5, 5.41) is 12.2. The van der Waals surface area contributed by atoms with Crippen molar-refractivity contribution >= 4 is 11.9 Å². The topological polar surface area (TPSA) is 84.9 Å². The van der Waals surface area contributed by atoms with Crippen LogP contribution in [0.15, 0.2) is 48.5 Å². The SMILES string of the molecule is COCc1ccccc1C(=O)NCC(Cc1ccccc1OC)C(=O)O. The number of ether oxygens (including phenoxy) is 2. The first-order valence-corrected chi connectivity index (χ1v) is 8.26. The maximum Gasteiger partial charge on any atom is 0.308 e. The van der Waals surface area contributed by atoms with Gasteiger partial charge in [0, 0.05) is 19.2 Å². The van der Waals surface area contributed by atoms with Crippen LogP contribution in [0, 0.1) is 5.92 Å². The highest BCUT2D eigenvalue weighted by Crippen LogP contribution is 2.21. The molecule has 0 aliphatic heterocycles. The van der Waals surface area contributed by atoms with Gasteiger partial charge in [0.1, 0.15) is 5.75 Å². The molecule has 6 nitrogen and oxygen atoms in total. The van der Waals surface area contributed by atoms with E-state index in [0.717, 1.165) is 11.1 Å². The van der Waals surface area contributed by atoms with Crippen LogP contribution < -0.4 is 10.1 Å². The van der Waals surface area contributed by atoms with Gasteiger partial charge in [-0.3, -0.25) is 9.59 Å². The van der Waals surface area contributed by atoms with Gasteiger partial charge in [-0.2, -0.15) is 0 Å². The molecule has 0 fully saturated rings. The van der Waals surface area contributed by atoms with Gasteiger partial charge in [-0.25, -0.2) is 0 Å². The Morgan fingerprint density at radius 2 is 1.69 bits per heavy atom. The molecule has 1 atom stereocenters. The fourth-order valence-electron chi connectivity index (χ4n) is 2.72. The molecule has 26 heavy (non-hydrogen) atoms. The van der Waals surface area contributed by atoms with Crippen LogP contribution in [0.5, 0.6) is 5.75 Å². The lowest BCUT2D eigenvalue weighted by Gasteiger charge is -2.16. The van der Waals surface area contributed by atoms with Gasteiger partial charge in [0.15, 0.2) is 0 Å². The first-order chi connectivity index (χ1) is 12.6. The lowest BCUT2D eigenvalue weighted by atomic mass is 9.98. The third-order valence-electron chi connectivity index (χ3n) is 4.08. The van der Waals surface area contributed by atoms with Crippen LogP contribution in [-0.4, -0.2) is 37.7 Å². The molecule has 0 bridgehead atoms. The molecule has 0 spiro atoms. The van der Waals surface area contributed by atoms with Crippen LogP contribution in [0.3, 0.4) is 0 Å². The molecular formula is C20H23NO5. The molecule has 6 heteroatoms. The zero-order valence-electron chi connectivity index (χ0n) is 14.9. The summed E-state index contributed by atoms with van der Waals surface area (Å²) < 4.78 is 10.4. The van der Waals surface area contributed by atoms with Crippen molar-refractivity contribution in [2.24, 2.45) is 5.92 Å². The standard InChI is InChI=1S/C20H23NO5/c1-25-13-15-8-3-5-9-17(15)19(22)21-12-16(20(23)24)11-14-7-4-6-10-18(14)26-2/h3-10,16H,11-13H2,1-2H3,(H,21,22)(H,23,24). The molecule has 0 heterocycles. The van der Waals surface area contributed by atoms with Crippen molar-refractivity contribution in [1.82, 2.24) is 5.32 Å². The van der Waals surface area contributed by atoms with Gasteiger partial charge >= 0.3 is 5.97 Å². The zero-order valence-corrected chi connectivity index (χ0v) is 14.9. The number of rotatable bonds is 9. The van der Waals surface area contributed by atoms with Crippen molar-refractivity contribution in [1.29, 1.82) is 0 Å². The van der Waals surface area contributed by atoms with Gasteiger partial charge in [-0.15, -0.1) is 0 Å². The van der Waals surface area contributed by atoms with Crippen LogP contribution in [0.25, 0.3) is 0 Å². The summed E-state index contributed by atoms with van der Waals surface area (Å²) in [7, 11) is 3.10. The van der Waals surface area contributed by atoms with Crippen molar-refractivity contribution in [3.63, 3.8) is 0 Å². The number of hydrogen-bond donors (Lipinski definition) is 2. The molecule has 0 saturated heterocycles. The van der Waals surface area contributed by atoms with E-state index in [9.17, 15) is 14.7 Å². The molecule has 2 aromatic rings. The maximum atomic E-state index is 12.5. The molecule has 1 unspecified atom stereocenters. The van der Waals surface area contributed by atoms with Crippen LogP contribution >= 0.6 is 0 Å². The summed E-state index contributed by atoms with van der Waals surface area (Å²) in [5.74, 6) is -1.41. The highest BCUT2D eigenvalue weighted by atomic mass is 16.5. The number of amides is 1. The lowest BCUT2D eigenvalue weighted by Crippen LogP contribution is -2.34. The van der Waals surface area contributed by atoms with Crippen LogP contribution in [-0.2, 0) is 22.6 Å². The average molecular weight is 357 g/mol. The average Bonchev–Trinajstić information content (AvgIpc) is 2.65. The Morgan fingerprint density at radius 1 is 1.04 bits per heavy atom. The van der Waals surface area contributed by atoms with Crippen molar-refractivity contribution in [2.75, 3.05) is 20.8 Å². The minimum atomic E-state index is -0.971. The number of aliphatic carboxylic acids is 1. The Labute approximate surface area is 152 Å². The van der Waals surface area contributed by atoms with Crippen molar-refractivity contribution in [3.8, 4) is 5.75 Å². The molecule has 2 aromatic carbocycles. The Kier molecular flexibility index (Phi) is 7.17. The van der Waals surface area contributed by atoms with E-state index in [1.165, 1.54) is 0 Å². The third-order valence-corrected chi connectivity index (χ3v) is 4.08. The van der Waals surface area contributed by atoms with Crippen LogP contribution in [0.1, 0.15) is 21.5 Å². The van der Waals surface area contributed by atoms with Gasteiger partial charge in [0.25, 0.3) is 5.91 Å². The normalized spacial score (nSPS) is 11.6. The Hall–Kier alpha value is -2.86. The summed E-state index contributed by atoms with van der Waals surface area (Å²) in [5.41, 5.74) is 2.02. The summed E-state index contributed by atoms with van der Waals surface area (Å²) in [6, 6.07) is 14.4. The number of carbonyl (C=O) groups is 2. The van der Waals surface area contributed by atoms with Gasteiger partial charge < -0.3 is 19.9 Å². The second kappa shape index (κ2) is 9.58. The second-order valence-electron chi connectivity index (χ2n) is 5.85. The number of benzene rings is 2. The van der Waals surface area contributed by atoms with Gasteiger partial charge in [-0.05, 0) is 29.7 Å². The highest BCUT2D eigenvalue weighted by Gasteiger charge is 2.21. The Morgan fingerprint density at radius 3 is 2.35 bits per heavy atom. The van der Waals surface area contributed by atoms with E-state index in [1.54, 1.807) is 32.4 Å². The second-order valence-corrected chi connectivity index (χ2v) is 5.85. The Bertz CT molecular complexity index is 759. The summed E-state index contributed by atoms with van der Waals surface area (Å²) >= 11 is 0. The van der Waals surface area contributed by atoms with E-state index in [4.69, 9.17) is 9.47 Å². The molecule has 2 N–H and O–H groups in total. The first kappa shape index (κ1) is 19.5. The number of hydrogen-bond acceptors (Lipinski definition) is 4. The first-order valence-electron chi connectivity index (χ1n) is 8.26. The molecule has 138 valence electrons. The fraction of sp³-hybridized carbons (Fsp3) is 0.300. The number of carboxylic acids is 1. The minimum Gasteiger partial charge on any atom is -0.496 e. The van der Waals surface area contributed by atoms with E-state index < -0.39 is 11.9 Å². The summed E-state index contributed by atoms with van der Waals surface area (Å²) in [6.07, 6.45) is 0.263. The highest BCUT2D eigenvalue weighted by molar-refractivity contribution is 5.95. The largest absolute Gasteiger partial charge is 0.496 e. The van der Waals surface area contributed by atoms with Crippen molar-refractivity contribution < 1.29 is 24.2 Å². The van der Waals surface area contributed by atoms with E-state index in [1.807, 2.05) is 30.3 Å². The molecule has 2 rings (SSSR count). The van der Waals surface area contributed by atoms with Crippen LogP contribution in [0.4, 0.5) is 0 Å². The van der Waals surface area contributed by atoms with Crippen molar-refractivity contribution in [3.05, 3.63) is 65.2 Å². The van der Waals surface area contributed by atoms with Crippen LogP contribution in [0.2, 0.25) is 0 Å². The number of carbonyl (C=O) groups excluding carboxylic acids is 1. The van der Waals surface area contributed by atoms with Crippen molar-refractivity contribution in [2.45, 2.75) is 13.0 Å². The Balaban J connectivity index is 2.07. The molecule has 0 radical (unpaired) electrons. The van der Waals surface area contributed by atoms with Gasteiger partial charge in [-0.1, -0.05) is 36.4 Å². The summed E-state index contributed by atoms with van der Waals surface area (Å²) in [6.45, 7) is 0.334. The predicted molar refractivity (Wildman–Crippen MR) is 97.3 cm³/mol. The summed E-state index contributed by atoms with van der Waals surface area (Å²) in [4.78, 5) is 24.1. The number of para-hydroxylation sites is 1. The molecule has 0 saturated carbocycles. The van der Waals surface area contributed by atoms with Gasteiger partial charge in [0.05, 0.1) is 19.6 Å². The smallest absolute Gasteiger partial charge is 0.308 e. The van der Waals surface area contributed by atoms with E-state index in [2.05, 4.69) is 5.32 Å². The third kappa shape index (κ3) is 5.07. The van der Waals surface area contributed by atoms with E-state index in [-0.39, 0.29) is 18.9 Å². The number of nitrogens with one attached hydrogen (secondary N) is 1. The predicted octanol–water partition coefficient (Wildman–Crippen LogP) is 2.51. The maximum absolute atomic E-state index is 12.5. The fourth-order valence-corrected chi connectivity index (χ4v) is 2.72. The molecule has 0 aliphatic carbocycles. The number of methoxy groups -OCH3 is 2. The lowest BCUT2D eigenvalue weighted by molar-refractivity contribution is -0.141. The molecule has 0 aromatic heterocycles. The minimum absolute atomic E-state index is 0.0214. The quantitative estimate of drug-likeness (QED) is 0.720.